The number of carbonyl (C=O) groups is 1. The summed E-state index contributed by atoms with van der Waals surface area (Å²) < 4.78 is 6.14. The highest BCUT2D eigenvalue weighted by molar-refractivity contribution is 7.07. The molecule has 0 aliphatic carbocycles. The average Bonchev–Trinajstić information content (AvgIpc) is 2.95. The molecule has 25 heavy (non-hydrogen) atoms. The third-order valence-corrected chi connectivity index (χ3v) is 4.70. The number of H-pyrrole nitrogens is 1. The number of halogens is 1. The van der Waals surface area contributed by atoms with Gasteiger partial charge in [-0.1, -0.05) is 23.7 Å². The van der Waals surface area contributed by atoms with Crippen molar-refractivity contribution in [3.8, 4) is 5.75 Å². The Labute approximate surface area is 152 Å². The SMILES string of the molecule is COc1ccc(/C=c2/s/c(=C\C(=O)c3ccc(Cl)cc3)[nH]c2=O)cc1. The number of hydrogen-bond donors (Lipinski definition) is 1. The van der Waals surface area contributed by atoms with Crippen molar-refractivity contribution in [1.82, 2.24) is 4.98 Å². The van der Waals surface area contributed by atoms with Crippen LogP contribution in [0.5, 0.6) is 5.75 Å². The van der Waals surface area contributed by atoms with E-state index >= 15 is 0 Å². The molecule has 126 valence electrons. The van der Waals surface area contributed by atoms with Gasteiger partial charge in [0.05, 0.1) is 16.3 Å². The van der Waals surface area contributed by atoms with Gasteiger partial charge in [0.25, 0.3) is 5.56 Å². The van der Waals surface area contributed by atoms with Crippen LogP contribution < -0.4 is 19.5 Å². The maximum absolute atomic E-state index is 12.2. The van der Waals surface area contributed by atoms with Crippen molar-refractivity contribution in [3.63, 3.8) is 0 Å². The van der Waals surface area contributed by atoms with Gasteiger partial charge >= 0.3 is 0 Å². The molecule has 0 unspecified atom stereocenters. The molecule has 0 radical (unpaired) electrons. The lowest BCUT2D eigenvalue weighted by molar-refractivity contribution is 0.106. The molecule has 0 atom stereocenters. The lowest BCUT2D eigenvalue weighted by Gasteiger charge is -1.98. The number of benzene rings is 2. The van der Waals surface area contributed by atoms with Gasteiger partial charge in [0.15, 0.2) is 5.78 Å². The number of methoxy groups -OCH3 is 1. The third kappa shape index (κ3) is 4.26. The first-order valence-corrected chi connectivity index (χ1v) is 8.61. The first-order chi connectivity index (χ1) is 12.0. The first-order valence-electron chi connectivity index (χ1n) is 7.42. The average molecular weight is 372 g/mol. The number of carbonyl (C=O) groups excluding carboxylic acids is 1. The molecule has 3 rings (SSSR count). The van der Waals surface area contributed by atoms with Crippen LogP contribution in [0, 0.1) is 0 Å². The summed E-state index contributed by atoms with van der Waals surface area (Å²) in [6.45, 7) is 0. The second-order valence-electron chi connectivity index (χ2n) is 5.22. The Bertz CT molecular complexity index is 1060. The van der Waals surface area contributed by atoms with Gasteiger partial charge in [0, 0.05) is 16.7 Å². The van der Waals surface area contributed by atoms with E-state index < -0.39 is 0 Å². The fraction of sp³-hybridized carbons (Fsp3) is 0.0526. The molecule has 0 fully saturated rings. The van der Waals surface area contributed by atoms with Crippen LogP contribution in [0.4, 0.5) is 0 Å². The Hall–Kier alpha value is -2.63. The van der Waals surface area contributed by atoms with E-state index in [0.717, 1.165) is 11.3 Å². The van der Waals surface area contributed by atoms with Gasteiger partial charge in [-0.3, -0.25) is 9.59 Å². The van der Waals surface area contributed by atoms with Gasteiger partial charge in [-0.15, -0.1) is 11.3 Å². The molecule has 0 aliphatic rings. The van der Waals surface area contributed by atoms with Crippen LogP contribution in [0.15, 0.2) is 53.3 Å². The number of rotatable bonds is 4. The maximum Gasteiger partial charge on any atom is 0.266 e. The molecule has 4 nitrogen and oxygen atoms in total. The molecule has 2 aromatic carbocycles. The minimum Gasteiger partial charge on any atom is -0.497 e. The highest BCUT2D eigenvalue weighted by atomic mass is 35.5. The van der Waals surface area contributed by atoms with Gasteiger partial charge in [-0.05, 0) is 48.0 Å². The summed E-state index contributed by atoms with van der Waals surface area (Å²) in [5.74, 6) is 0.560. The molecule has 0 amide bonds. The largest absolute Gasteiger partial charge is 0.497 e. The molecule has 0 aliphatic heterocycles. The molecule has 3 aromatic rings. The lowest BCUT2D eigenvalue weighted by Crippen LogP contribution is -2.19. The zero-order chi connectivity index (χ0) is 17.8. The predicted molar refractivity (Wildman–Crippen MR) is 101 cm³/mol. The number of ketones is 1. The Morgan fingerprint density at radius 3 is 2.44 bits per heavy atom. The van der Waals surface area contributed by atoms with E-state index in [9.17, 15) is 9.59 Å². The summed E-state index contributed by atoms with van der Waals surface area (Å²) in [5.41, 5.74) is 1.17. The van der Waals surface area contributed by atoms with Crippen molar-refractivity contribution in [2.24, 2.45) is 0 Å². The molecule has 1 aromatic heterocycles. The van der Waals surface area contributed by atoms with Crippen LogP contribution in [0.3, 0.4) is 0 Å². The van der Waals surface area contributed by atoms with Crippen molar-refractivity contribution < 1.29 is 9.53 Å². The predicted octanol–water partition coefficient (Wildman–Crippen LogP) is 2.59. The Morgan fingerprint density at radius 1 is 1.12 bits per heavy atom. The molecule has 1 N–H and O–H groups in total. The minimum absolute atomic E-state index is 0.190. The smallest absolute Gasteiger partial charge is 0.266 e. The van der Waals surface area contributed by atoms with Crippen LogP contribution in [-0.4, -0.2) is 17.9 Å². The normalized spacial score (nSPS) is 12.4. The number of hydrogen-bond acceptors (Lipinski definition) is 4. The van der Waals surface area contributed by atoms with E-state index in [1.807, 2.05) is 24.3 Å². The second kappa shape index (κ2) is 7.51. The van der Waals surface area contributed by atoms with Crippen molar-refractivity contribution in [2.75, 3.05) is 7.11 Å². The molecule has 0 spiro atoms. The van der Waals surface area contributed by atoms with Crippen molar-refractivity contribution >= 4 is 40.9 Å². The number of ether oxygens (including phenoxy) is 1. The quantitative estimate of drug-likeness (QED) is 0.717. The van der Waals surface area contributed by atoms with Crippen LogP contribution in [0.1, 0.15) is 15.9 Å². The van der Waals surface area contributed by atoms with Gasteiger partial charge in [0.1, 0.15) is 5.75 Å². The van der Waals surface area contributed by atoms with Gasteiger partial charge in [-0.2, -0.15) is 0 Å². The van der Waals surface area contributed by atoms with Crippen LogP contribution in [0.25, 0.3) is 12.2 Å². The second-order valence-corrected chi connectivity index (χ2v) is 6.74. The van der Waals surface area contributed by atoms with Gasteiger partial charge in [0.2, 0.25) is 0 Å². The summed E-state index contributed by atoms with van der Waals surface area (Å²) in [5, 5.41) is 0.567. The zero-order valence-corrected chi connectivity index (χ0v) is 14.9. The summed E-state index contributed by atoms with van der Waals surface area (Å²) >= 11 is 7.05. The summed E-state index contributed by atoms with van der Waals surface area (Å²) in [6, 6.07) is 14.0. The van der Waals surface area contributed by atoms with Crippen molar-refractivity contribution in [3.05, 3.63) is 84.2 Å². The fourth-order valence-corrected chi connectivity index (χ4v) is 3.20. The van der Waals surface area contributed by atoms with E-state index in [1.165, 1.54) is 17.4 Å². The van der Waals surface area contributed by atoms with E-state index in [-0.39, 0.29) is 11.3 Å². The molecule has 0 saturated carbocycles. The molecule has 6 heteroatoms. The molecule has 0 saturated heterocycles. The number of nitrogens with one attached hydrogen (secondary N) is 1. The van der Waals surface area contributed by atoms with E-state index in [2.05, 4.69) is 4.98 Å². The van der Waals surface area contributed by atoms with Crippen LogP contribution in [0.2, 0.25) is 5.02 Å². The zero-order valence-electron chi connectivity index (χ0n) is 13.3. The van der Waals surface area contributed by atoms with E-state index in [0.29, 0.717) is 19.8 Å². The fourth-order valence-electron chi connectivity index (χ4n) is 2.19. The Kier molecular flexibility index (Phi) is 5.16. The highest BCUT2D eigenvalue weighted by Gasteiger charge is 2.03. The van der Waals surface area contributed by atoms with Crippen molar-refractivity contribution in [1.29, 1.82) is 0 Å². The number of aromatic amines is 1. The summed E-state index contributed by atoms with van der Waals surface area (Å²) in [6.07, 6.45) is 3.19. The number of thiazole rings is 1. The molecule has 1 heterocycles. The maximum atomic E-state index is 12.2. The molecular formula is C19H14ClNO3S. The third-order valence-electron chi connectivity index (χ3n) is 3.48. The highest BCUT2D eigenvalue weighted by Crippen LogP contribution is 2.11. The van der Waals surface area contributed by atoms with E-state index in [4.69, 9.17) is 16.3 Å². The standard InChI is InChI=1S/C19H14ClNO3S/c1-24-15-8-2-12(3-9-15)10-17-19(23)21-18(25-17)11-16(22)13-4-6-14(20)7-5-13/h2-11H,1H3,(H,21,23)/b17-10+,18-11-. The number of Topliss-reactive ketones (excluding diaryl/α,β-unsaturated/α-hetero) is 1. The van der Waals surface area contributed by atoms with E-state index in [1.54, 1.807) is 37.5 Å². The van der Waals surface area contributed by atoms with Gasteiger partial charge < -0.3 is 9.72 Å². The van der Waals surface area contributed by atoms with Gasteiger partial charge in [-0.25, -0.2) is 0 Å². The Morgan fingerprint density at radius 2 is 1.80 bits per heavy atom. The molecular weight excluding hydrogens is 358 g/mol. The monoisotopic (exact) mass is 371 g/mol. The minimum atomic E-state index is -0.226. The lowest BCUT2D eigenvalue weighted by atomic mass is 10.1. The summed E-state index contributed by atoms with van der Waals surface area (Å²) in [7, 11) is 1.60. The van der Waals surface area contributed by atoms with Crippen molar-refractivity contribution in [2.45, 2.75) is 0 Å². The topological polar surface area (TPSA) is 59.2 Å². The van der Waals surface area contributed by atoms with Crippen LogP contribution in [-0.2, 0) is 0 Å². The first kappa shape index (κ1) is 17.2. The van der Waals surface area contributed by atoms with Crippen LogP contribution >= 0.6 is 22.9 Å². The number of aromatic nitrogens is 1. The molecule has 0 bridgehead atoms. The summed E-state index contributed by atoms with van der Waals surface area (Å²) in [4.78, 5) is 27.0. The Balaban J connectivity index is 1.93.